The number of hydrogen-bond donors (Lipinski definition) is 4. The predicted molar refractivity (Wildman–Crippen MR) is 155 cm³/mol. The summed E-state index contributed by atoms with van der Waals surface area (Å²) in [6, 6.07) is 8.15. The summed E-state index contributed by atoms with van der Waals surface area (Å²) in [6.45, 7) is 0.0459. The van der Waals surface area contributed by atoms with Crippen molar-refractivity contribution in [2.75, 3.05) is 26.9 Å². The Morgan fingerprint density at radius 3 is 2.59 bits per heavy atom. The lowest BCUT2D eigenvalue weighted by Crippen LogP contribution is -2.56. The van der Waals surface area contributed by atoms with Crippen LogP contribution in [0.2, 0.25) is 0 Å². The predicted octanol–water partition coefficient (Wildman–Crippen LogP) is 2.05. The highest BCUT2D eigenvalue weighted by atomic mass is 127. The van der Waals surface area contributed by atoms with Gasteiger partial charge < -0.3 is 39.7 Å². The van der Waals surface area contributed by atoms with Crippen LogP contribution in [0.1, 0.15) is 30.4 Å². The fourth-order valence-electron chi connectivity index (χ4n) is 5.00. The van der Waals surface area contributed by atoms with Gasteiger partial charge in [-0.05, 0) is 76.9 Å². The monoisotopic (exact) mass is 684 g/mol. The zero-order valence-corrected chi connectivity index (χ0v) is 24.8. The minimum atomic E-state index is -1.27. The molecule has 1 saturated heterocycles. The lowest BCUT2D eigenvalue weighted by Gasteiger charge is -2.41. The molecule has 1 heterocycles. The fraction of sp³-hybridized carbons (Fsp3) is 0.448. The third kappa shape index (κ3) is 7.55. The molecule has 4 rings (SSSR count). The molecule has 2 amide bonds. The Kier molecular flexibility index (Phi) is 10.9. The SMILES string of the molecule is COc1cc(CO)cc(I)c1OC1C=C(C(=O)NCCO)CC(N(Cc2ccc(F)cc2)C(=O)C2CCCO2)C1O. The number of amides is 2. The molecule has 0 saturated carbocycles. The molecule has 4 atom stereocenters. The van der Waals surface area contributed by atoms with E-state index in [-0.39, 0.29) is 44.2 Å². The summed E-state index contributed by atoms with van der Waals surface area (Å²) in [5.74, 6) is -0.594. The van der Waals surface area contributed by atoms with Crippen LogP contribution >= 0.6 is 22.6 Å². The number of halogens is 2. The van der Waals surface area contributed by atoms with Crippen LogP contribution in [-0.2, 0) is 27.5 Å². The van der Waals surface area contributed by atoms with E-state index in [4.69, 9.17) is 14.2 Å². The van der Waals surface area contributed by atoms with Gasteiger partial charge in [-0.25, -0.2) is 4.39 Å². The van der Waals surface area contributed by atoms with Crippen molar-refractivity contribution in [2.24, 2.45) is 0 Å². The van der Waals surface area contributed by atoms with E-state index in [0.29, 0.717) is 39.2 Å². The highest BCUT2D eigenvalue weighted by molar-refractivity contribution is 14.1. The van der Waals surface area contributed by atoms with Crippen molar-refractivity contribution in [2.45, 2.75) is 56.8 Å². The molecule has 222 valence electrons. The van der Waals surface area contributed by atoms with Gasteiger partial charge >= 0.3 is 0 Å². The first-order valence-corrected chi connectivity index (χ1v) is 14.4. The average Bonchev–Trinajstić information content (AvgIpc) is 3.52. The van der Waals surface area contributed by atoms with E-state index in [0.717, 1.165) is 6.42 Å². The third-order valence-electron chi connectivity index (χ3n) is 7.09. The van der Waals surface area contributed by atoms with Gasteiger partial charge in [-0.1, -0.05) is 12.1 Å². The highest BCUT2D eigenvalue weighted by Crippen LogP contribution is 2.37. The largest absolute Gasteiger partial charge is 0.493 e. The van der Waals surface area contributed by atoms with E-state index in [1.165, 1.54) is 30.2 Å². The van der Waals surface area contributed by atoms with E-state index < -0.39 is 36.1 Å². The van der Waals surface area contributed by atoms with Crippen molar-refractivity contribution in [1.82, 2.24) is 10.2 Å². The molecule has 2 aromatic rings. The summed E-state index contributed by atoms with van der Waals surface area (Å²) in [5.41, 5.74) is 1.51. The van der Waals surface area contributed by atoms with Crippen LogP contribution in [0.15, 0.2) is 48.0 Å². The van der Waals surface area contributed by atoms with Gasteiger partial charge in [0, 0.05) is 31.7 Å². The van der Waals surface area contributed by atoms with Gasteiger partial charge in [0.25, 0.3) is 5.91 Å². The van der Waals surface area contributed by atoms with E-state index >= 15 is 0 Å². The molecule has 2 aromatic carbocycles. The van der Waals surface area contributed by atoms with Crippen LogP contribution < -0.4 is 14.8 Å². The molecule has 0 aromatic heterocycles. The number of ether oxygens (including phenoxy) is 3. The molecule has 41 heavy (non-hydrogen) atoms. The van der Waals surface area contributed by atoms with Gasteiger partial charge in [-0.2, -0.15) is 0 Å². The van der Waals surface area contributed by atoms with Gasteiger partial charge in [-0.15, -0.1) is 0 Å². The van der Waals surface area contributed by atoms with E-state index in [1.54, 1.807) is 24.3 Å². The minimum Gasteiger partial charge on any atom is -0.493 e. The summed E-state index contributed by atoms with van der Waals surface area (Å²) >= 11 is 2.03. The summed E-state index contributed by atoms with van der Waals surface area (Å²) < 4.78 is 31.7. The Morgan fingerprint density at radius 2 is 1.95 bits per heavy atom. The number of carbonyl (C=O) groups excluding carboxylic acids is 2. The first-order chi connectivity index (χ1) is 19.7. The first kappa shape index (κ1) is 31.2. The smallest absolute Gasteiger partial charge is 0.252 e. The standard InChI is InChI=1S/C29H34FIN2O8/c1-39-25-12-18(16-35)11-21(31)27(25)41-24-14-19(28(37)32-8-9-34)13-22(26(24)36)33(29(38)23-3-2-10-40-23)15-17-4-6-20(30)7-5-17/h4-7,11-12,14,22-24,26,34-36H,2-3,8-10,13,15-16H2,1H3,(H,32,37). The van der Waals surface area contributed by atoms with Crippen LogP contribution in [0.4, 0.5) is 4.39 Å². The molecule has 1 aliphatic heterocycles. The quantitative estimate of drug-likeness (QED) is 0.264. The topological polar surface area (TPSA) is 138 Å². The molecular formula is C29H34FIN2O8. The normalized spacial score (nSPS) is 22.1. The number of hydrogen-bond acceptors (Lipinski definition) is 8. The van der Waals surface area contributed by atoms with Crippen LogP contribution in [-0.4, -0.2) is 83.3 Å². The summed E-state index contributed by atoms with van der Waals surface area (Å²) in [5, 5.41) is 33.1. The van der Waals surface area contributed by atoms with E-state index in [1.807, 2.05) is 22.6 Å². The number of aliphatic hydroxyl groups is 3. The molecule has 0 spiro atoms. The number of carbonyl (C=O) groups is 2. The van der Waals surface area contributed by atoms with Crippen molar-refractivity contribution in [3.05, 3.63) is 68.6 Å². The third-order valence-corrected chi connectivity index (χ3v) is 7.90. The number of nitrogens with zero attached hydrogens (tertiary/aromatic N) is 1. The molecule has 2 aliphatic rings. The van der Waals surface area contributed by atoms with Crippen LogP contribution in [0.25, 0.3) is 0 Å². The van der Waals surface area contributed by atoms with Crippen molar-refractivity contribution < 1.29 is 43.5 Å². The molecule has 1 fully saturated rings. The maximum atomic E-state index is 13.8. The van der Waals surface area contributed by atoms with Crippen LogP contribution in [0, 0.1) is 9.39 Å². The fourth-order valence-corrected chi connectivity index (χ4v) is 5.79. The lowest BCUT2D eigenvalue weighted by molar-refractivity contribution is -0.149. The van der Waals surface area contributed by atoms with Crippen LogP contribution in [0.3, 0.4) is 0 Å². The van der Waals surface area contributed by atoms with Gasteiger partial charge in [0.05, 0.1) is 29.9 Å². The van der Waals surface area contributed by atoms with Crippen LogP contribution in [0.5, 0.6) is 11.5 Å². The van der Waals surface area contributed by atoms with Crippen molar-refractivity contribution >= 4 is 34.4 Å². The summed E-state index contributed by atoms with van der Waals surface area (Å²) in [7, 11) is 1.45. The number of methoxy groups -OCH3 is 1. The maximum Gasteiger partial charge on any atom is 0.252 e. The zero-order valence-electron chi connectivity index (χ0n) is 22.6. The molecule has 4 unspecified atom stereocenters. The van der Waals surface area contributed by atoms with Gasteiger partial charge in [0.1, 0.15) is 24.1 Å². The average molecular weight is 684 g/mol. The van der Waals surface area contributed by atoms with Crippen molar-refractivity contribution in [3.63, 3.8) is 0 Å². The molecular weight excluding hydrogens is 650 g/mol. The molecule has 0 radical (unpaired) electrons. The van der Waals surface area contributed by atoms with Gasteiger partial charge in [0.15, 0.2) is 11.5 Å². The zero-order chi connectivity index (χ0) is 29.5. The Balaban J connectivity index is 1.72. The van der Waals surface area contributed by atoms with Gasteiger partial charge in [-0.3, -0.25) is 9.59 Å². The lowest BCUT2D eigenvalue weighted by atomic mass is 9.87. The number of nitrogens with one attached hydrogen (secondary N) is 1. The van der Waals surface area contributed by atoms with Crippen molar-refractivity contribution in [1.29, 1.82) is 0 Å². The molecule has 4 N–H and O–H groups in total. The maximum absolute atomic E-state index is 13.8. The number of aliphatic hydroxyl groups excluding tert-OH is 3. The second-order valence-electron chi connectivity index (χ2n) is 9.88. The summed E-state index contributed by atoms with van der Waals surface area (Å²) in [4.78, 5) is 28.3. The molecule has 1 aliphatic carbocycles. The number of benzene rings is 2. The Morgan fingerprint density at radius 1 is 1.20 bits per heavy atom. The number of rotatable bonds is 11. The Labute approximate surface area is 251 Å². The second-order valence-corrected chi connectivity index (χ2v) is 11.0. The molecule has 12 heteroatoms. The first-order valence-electron chi connectivity index (χ1n) is 13.3. The van der Waals surface area contributed by atoms with E-state index in [2.05, 4.69) is 5.32 Å². The Bertz CT molecular complexity index is 1250. The second kappa shape index (κ2) is 14.4. The van der Waals surface area contributed by atoms with E-state index in [9.17, 15) is 29.3 Å². The van der Waals surface area contributed by atoms with Crippen molar-refractivity contribution in [3.8, 4) is 11.5 Å². The molecule has 0 bridgehead atoms. The van der Waals surface area contributed by atoms with Gasteiger partial charge in [0.2, 0.25) is 5.91 Å². The summed E-state index contributed by atoms with van der Waals surface area (Å²) in [6.07, 6.45) is -0.283. The molecule has 10 nitrogen and oxygen atoms in total. The highest BCUT2D eigenvalue weighted by Gasteiger charge is 2.43. The minimum absolute atomic E-state index is 0.00954. The Hall–Kier alpha value is -2.78.